The van der Waals surface area contributed by atoms with E-state index in [4.69, 9.17) is 0 Å². The van der Waals surface area contributed by atoms with Gasteiger partial charge in [0.15, 0.2) is 5.16 Å². The fourth-order valence-electron chi connectivity index (χ4n) is 4.35. The number of unbranched alkanes of at least 4 members (excludes halogenated alkanes) is 5. The molecule has 6 heteroatoms. The Morgan fingerprint density at radius 2 is 1.49 bits per heavy atom. The molecule has 2 aromatic carbocycles. The minimum atomic E-state index is -0.163. The summed E-state index contributed by atoms with van der Waals surface area (Å²) in [5.41, 5.74) is 5.37. The molecule has 4 rings (SSSR count). The van der Waals surface area contributed by atoms with Crippen LogP contribution in [-0.2, 0) is 19.4 Å². The smallest absolute Gasteiger partial charge is 0.277 e. The number of hydrogen-bond acceptors (Lipinski definition) is 5. The number of aryl methyl sites for hydroxylation is 2. The zero-order valence-corrected chi connectivity index (χ0v) is 22.5. The van der Waals surface area contributed by atoms with Crippen LogP contribution in [0.4, 0.5) is 0 Å². The molecule has 0 N–H and O–H groups in total. The van der Waals surface area contributed by atoms with Gasteiger partial charge in [0.25, 0.3) is 5.56 Å². The zero-order valence-electron chi connectivity index (χ0n) is 21.7. The van der Waals surface area contributed by atoms with Gasteiger partial charge in [-0.05, 0) is 42.9 Å². The van der Waals surface area contributed by atoms with Crippen molar-refractivity contribution in [2.45, 2.75) is 70.0 Å². The van der Waals surface area contributed by atoms with Gasteiger partial charge in [-0.3, -0.25) is 4.79 Å². The van der Waals surface area contributed by atoms with Gasteiger partial charge in [-0.25, -0.2) is 9.97 Å². The third-order valence-electron chi connectivity index (χ3n) is 6.45. The molecule has 0 aliphatic heterocycles. The van der Waals surface area contributed by atoms with Gasteiger partial charge in [-0.2, -0.15) is 4.98 Å². The summed E-state index contributed by atoms with van der Waals surface area (Å²) in [5.74, 6) is 0.969. The van der Waals surface area contributed by atoms with E-state index in [0.29, 0.717) is 18.5 Å². The van der Waals surface area contributed by atoms with Gasteiger partial charge in [0.2, 0.25) is 0 Å². The largest absolute Gasteiger partial charge is 0.323 e. The Kier molecular flexibility index (Phi) is 10.5. The molecule has 5 nitrogen and oxygen atoms in total. The molecule has 0 amide bonds. The van der Waals surface area contributed by atoms with E-state index in [9.17, 15) is 4.79 Å². The summed E-state index contributed by atoms with van der Waals surface area (Å²) in [6, 6.07) is 19.2. The fourth-order valence-corrected chi connectivity index (χ4v) is 5.31. The van der Waals surface area contributed by atoms with Crippen molar-refractivity contribution >= 4 is 11.8 Å². The summed E-state index contributed by atoms with van der Waals surface area (Å²) >= 11 is 1.69. The topological polar surface area (TPSA) is 60.7 Å². The summed E-state index contributed by atoms with van der Waals surface area (Å²) in [4.78, 5) is 25.5. The molecule has 0 saturated heterocycles. The number of benzene rings is 2. The molecule has 0 aliphatic rings. The molecule has 0 spiro atoms. The van der Waals surface area contributed by atoms with Gasteiger partial charge in [-0.15, -0.1) is 0 Å². The zero-order chi connectivity index (χ0) is 25.7. The van der Waals surface area contributed by atoms with Crippen LogP contribution < -0.4 is 5.56 Å². The van der Waals surface area contributed by atoms with Crippen molar-refractivity contribution in [2.24, 2.45) is 0 Å². The second-order valence-electron chi connectivity index (χ2n) is 9.60. The molecular weight excluding hydrogens is 476 g/mol. The van der Waals surface area contributed by atoms with E-state index in [-0.39, 0.29) is 5.56 Å². The van der Waals surface area contributed by atoms with Crippen LogP contribution in [-0.4, -0.2) is 25.3 Å². The highest BCUT2D eigenvalue weighted by Gasteiger charge is 2.11. The highest BCUT2D eigenvalue weighted by molar-refractivity contribution is 7.99. The Balaban J connectivity index is 1.26. The standard InChI is InChI=1S/C31H36N4OS/c1-25-14-16-26(17-15-25)11-7-4-2-3-5-10-18-37-31-34-30(36)29(19-28-20-32-24-33-21-28)23-35(31)22-27-12-8-6-9-13-27/h6,8-9,12-17,20-21,23-24H,2-5,7,10-11,18-19,22H2,1H3. The third kappa shape index (κ3) is 8.97. The van der Waals surface area contributed by atoms with Gasteiger partial charge < -0.3 is 4.57 Å². The van der Waals surface area contributed by atoms with Crippen LogP contribution in [0.15, 0.2) is 89.5 Å². The Morgan fingerprint density at radius 3 is 2.24 bits per heavy atom. The van der Waals surface area contributed by atoms with Crippen LogP contribution in [0.1, 0.15) is 66.3 Å². The summed E-state index contributed by atoms with van der Waals surface area (Å²) < 4.78 is 2.12. The maximum absolute atomic E-state index is 12.8. The summed E-state index contributed by atoms with van der Waals surface area (Å²) in [6.07, 6.45) is 16.1. The van der Waals surface area contributed by atoms with Crippen molar-refractivity contribution in [1.82, 2.24) is 19.5 Å². The molecule has 0 saturated carbocycles. The van der Waals surface area contributed by atoms with Crippen LogP contribution in [0.3, 0.4) is 0 Å². The predicted octanol–water partition coefficient (Wildman–Crippen LogP) is 6.66. The van der Waals surface area contributed by atoms with E-state index in [1.54, 1.807) is 24.2 Å². The fraction of sp³-hybridized carbons (Fsp3) is 0.355. The first-order valence-corrected chi connectivity index (χ1v) is 14.2. The lowest BCUT2D eigenvalue weighted by Crippen LogP contribution is -2.20. The van der Waals surface area contributed by atoms with Gasteiger partial charge >= 0.3 is 0 Å². The number of thioether (sulfide) groups is 1. The molecule has 0 atom stereocenters. The van der Waals surface area contributed by atoms with Crippen LogP contribution in [0.2, 0.25) is 0 Å². The molecule has 0 unspecified atom stereocenters. The highest BCUT2D eigenvalue weighted by atomic mass is 32.2. The minimum Gasteiger partial charge on any atom is -0.323 e. The maximum atomic E-state index is 12.8. The van der Waals surface area contributed by atoms with Crippen molar-refractivity contribution in [3.63, 3.8) is 0 Å². The molecule has 37 heavy (non-hydrogen) atoms. The highest BCUT2D eigenvalue weighted by Crippen LogP contribution is 2.20. The van der Waals surface area contributed by atoms with Gasteiger partial charge in [0.1, 0.15) is 6.33 Å². The first-order chi connectivity index (χ1) is 18.2. The quantitative estimate of drug-likeness (QED) is 0.107. The normalized spacial score (nSPS) is 11.1. The van der Waals surface area contributed by atoms with Crippen molar-refractivity contribution in [3.05, 3.63) is 118 Å². The number of hydrogen-bond donors (Lipinski definition) is 0. The molecule has 0 radical (unpaired) electrons. The van der Waals surface area contributed by atoms with Crippen molar-refractivity contribution in [3.8, 4) is 0 Å². The Bertz CT molecular complexity index is 1270. The van der Waals surface area contributed by atoms with Crippen LogP contribution in [0.5, 0.6) is 0 Å². The van der Waals surface area contributed by atoms with E-state index in [1.807, 2.05) is 24.4 Å². The molecule has 192 valence electrons. The van der Waals surface area contributed by atoms with Crippen LogP contribution >= 0.6 is 11.8 Å². The molecule has 2 heterocycles. The third-order valence-corrected chi connectivity index (χ3v) is 7.52. The SMILES string of the molecule is Cc1ccc(CCCCCCCCSc2nc(=O)c(Cc3cncnc3)cn2Cc2ccccc2)cc1. The number of rotatable bonds is 14. The summed E-state index contributed by atoms with van der Waals surface area (Å²) in [5, 5.41) is 0.792. The lowest BCUT2D eigenvalue weighted by atomic mass is 10.0. The number of nitrogens with zero attached hydrogens (tertiary/aromatic N) is 4. The average molecular weight is 513 g/mol. The minimum absolute atomic E-state index is 0.163. The van der Waals surface area contributed by atoms with Gasteiger partial charge in [0, 0.05) is 42.9 Å². The van der Waals surface area contributed by atoms with E-state index in [2.05, 4.69) is 62.8 Å². The van der Waals surface area contributed by atoms with Crippen molar-refractivity contribution in [2.75, 3.05) is 5.75 Å². The molecular formula is C31H36N4OS. The number of aromatic nitrogens is 4. The predicted molar refractivity (Wildman–Crippen MR) is 152 cm³/mol. The Hall–Kier alpha value is -3.25. The first kappa shape index (κ1) is 26.8. The Labute approximate surface area is 224 Å². The molecule has 4 aromatic rings. The maximum Gasteiger partial charge on any atom is 0.277 e. The van der Waals surface area contributed by atoms with Crippen molar-refractivity contribution in [1.29, 1.82) is 0 Å². The monoisotopic (exact) mass is 512 g/mol. The first-order valence-electron chi connectivity index (χ1n) is 13.2. The van der Waals surface area contributed by atoms with Crippen molar-refractivity contribution < 1.29 is 0 Å². The van der Waals surface area contributed by atoms with Gasteiger partial charge in [-0.1, -0.05) is 97.6 Å². The van der Waals surface area contributed by atoms with E-state index < -0.39 is 0 Å². The summed E-state index contributed by atoms with van der Waals surface area (Å²) in [6.45, 7) is 2.83. The molecule has 0 bridgehead atoms. The van der Waals surface area contributed by atoms with E-state index in [0.717, 1.165) is 22.9 Å². The second kappa shape index (κ2) is 14.5. The Morgan fingerprint density at radius 1 is 0.784 bits per heavy atom. The van der Waals surface area contributed by atoms with E-state index >= 15 is 0 Å². The molecule has 0 fully saturated rings. The summed E-state index contributed by atoms with van der Waals surface area (Å²) in [7, 11) is 0. The average Bonchev–Trinajstić information content (AvgIpc) is 2.92. The van der Waals surface area contributed by atoms with E-state index in [1.165, 1.54) is 61.5 Å². The van der Waals surface area contributed by atoms with Crippen LogP contribution in [0, 0.1) is 6.92 Å². The van der Waals surface area contributed by atoms with Crippen LogP contribution in [0.25, 0.3) is 0 Å². The van der Waals surface area contributed by atoms with Gasteiger partial charge in [0.05, 0.1) is 0 Å². The lowest BCUT2D eigenvalue weighted by Gasteiger charge is -2.14. The lowest BCUT2D eigenvalue weighted by molar-refractivity contribution is 0.608. The molecule has 2 aromatic heterocycles. The molecule has 0 aliphatic carbocycles. The second-order valence-corrected chi connectivity index (χ2v) is 10.7.